The Morgan fingerprint density at radius 3 is 1.42 bits per heavy atom. The molecule has 7 heteroatoms. The highest BCUT2D eigenvalue weighted by molar-refractivity contribution is 6.20. The van der Waals surface area contributed by atoms with Crippen LogP contribution in [0.4, 0.5) is 0 Å². The summed E-state index contributed by atoms with van der Waals surface area (Å²) in [6, 6.07) is 11.0. The summed E-state index contributed by atoms with van der Waals surface area (Å²) < 4.78 is 34.5. The van der Waals surface area contributed by atoms with Crippen molar-refractivity contribution in [2.24, 2.45) is 0 Å². The minimum Gasteiger partial charge on any atom is -0.526 e. The van der Waals surface area contributed by atoms with Gasteiger partial charge in [0.2, 0.25) is 0 Å². The number of benzene rings is 2. The molecule has 2 aliphatic carbocycles. The quantitative estimate of drug-likeness (QED) is 0.479. The molecule has 0 spiro atoms. The van der Waals surface area contributed by atoms with E-state index in [2.05, 4.69) is 0 Å². The second kappa shape index (κ2) is 10.6. The standard InChI is InChI=1S/C24H30BO6/c1-26-21-13-11-19(15-23(21)28-17-7-3-4-8-17)30-25-31-20-12-14-22(27-2)24(16-20)29-18-9-5-6-10-18/h11-18H,3-10H2,1-2H3. The first-order valence-corrected chi connectivity index (χ1v) is 11.1. The van der Waals surface area contributed by atoms with Crippen LogP contribution in [0, 0.1) is 0 Å². The molecule has 2 aromatic rings. The van der Waals surface area contributed by atoms with E-state index in [1.807, 2.05) is 36.4 Å². The van der Waals surface area contributed by atoms with Crippen LogP contribution in [0.5, 0.6) is 34.5 Å². The summed E-state index contributed by atoms with van der Waals surface area (Å²) in [6.45, 7) is 0. The first-order valence-electron chi connectivity index (χ1n) is 11.1. The Bertz CT molecular complexity index is 776. The lowest BCUT2D eigenvalue weighted by molar-refractivity contribution is 0.200. The Morgan fingerprint density at radius 2 is 1.03 bits per heavy atom. The Labute approximate surface area is 185 Å². The van der Waals surface area contributed by atoms with Crippen LogP contribution in [-0.2, 0) is 0 Å². The van der Waals surface area contributed by atoms with Crippen molar-refractivity contribution in [3.05, 3.63) is 36.4 Å². The molecular formula is C24H30BO6. The maximum Gasteiger partial charge on any atom is 0.658 e. The van der Waals surface area contributed by atoms with Crippen molar-refractivity contribution < 1.29 is 28.3 Å². The second-order valence-corrected chi connectivity index (χ2v) is 8.01. The molecule has 0 heterocycles. The largest absolute Gasteiger partial charge is 0.658 e. The predicted molar refractivity (Wildman–Crippen MR) is 119 cm³/mol. The average Bonchev–Trinajstić information content (AvgIpc) is 3.49. The smallest absolute Gasteiger partial charge is 0.526 e. The summed E-state index contributed by atoms with van der Waals surface area (Å²) in [5.41, 5.74) is 0. The maximum absolute atomic E-state index is 6.12. The van der Waals surface area contributed by atoms with Crippen LogP contribution in [-0.4, -0.2) is 34.1 Å². The predicted octanol–water partition coefficient (Wildman–Crippen LogP) is 5.34. The molecule has 31 heavy (non-hydrogen) atoms. The molecule has 2 fully saturated rings. The third-order valence-electron chi connectivity index (χ3n) is 5.83. The van der Waals surface area contributed by atoms with E-state index in [4.69, 9.17) is 28.3 Å². The van der Waals surface area contributed by atoms with Crippen LogP contribution in [0.2, 0.25) is 0 Å². The SMILES string of the molecule is COc1ccc(O[B]Oc2ccc(OC)c(OC3CCCC3)c2)cc1OC1CCCC1. The van der Waals surface area contributed by atoms with Gasteiger partial charge in [-0.1, -0.05) is 0 Å². The molecule has 0 atom stereocenters. The first-order chi connectivity index (χ1) is 15.2. The lowest BCUT2D eigenvalue weighted by atomic mass is 10.2. The molecule has 0 bridgehead atoms. The molecule has 0 aliphatic heterocycles. The molecule has 0 saturated heterocycles. The van der Waals surface area contributed by atoms with Gasteiger partial charge in [-0.2, -0.15) is 0 Å². The van der Waals surface area contributed by atoms with E-state index in [1.165, 1.54) is 33.4 Å². The van der Waals surface area contributed by atoms with Crippen molar-refractivity contribution in [1.82, 2.24) is 0 Å². The molecule has 4 rings (SSSR count). The summed E-state index contributed by atoms with van der Waals surface area (Å²) in [5, 5.41) is 0. The van der Waals surface area contributed by atoms with Crippen LogP contribution in [0.3, 0.4) is 0 Å². The van der Waals surface area contributed by atoms with Gasteiger partial charge in [-0.3, -0.25) is 0 Å². The first kappa shape index (κ1) is 21.5. The Hall–Kier alpha value is -2.70. The summed E-state index contributed by atoms with van der Waals surface area (Å²) in [6.07, 6.45) is 9.61. The molecule has 0 N–H and O–H groups in total. The maximum atomic E-state index is 6.12. The van der Waals surface area contributed by atoms with Gasteiger partial charge >= 0.3 is 7.69 Å². The van der Waals surface area contributed by atoms with Gasteiger partial charge in [0.05, 0.1) is 26.4 Å². The fraction of sp³-hybridized carbons (Fsp3) is 0.500. The number of hydrogen-bond acceptors (Lipinski definition) is 6. The summed E-state index contributed by atoms with van der Waals surface area (Å²) in [7, 11) is 4.59. The monoisotopic (exact) mass is 425 g/mol. The highest BCUT2D eigenvalue weighted by atomic mass is 16.6. The molecule has 0 amide bonds. The molecule has 0 aromatic heterocycles. The van der Waals surface area contributed by atoms with Crippen molar-refractivity contribution >= 4 is 7.69 Å². The van der Waals surface area contributed by atoms with E-state index in [-0.39, 0.29) is 12.2 Å². The summed E-state index contributed by atoms with van der Waals surface area (Å²) in [4.78, 5) is 0. The van der Waals surface area contributed by atoms with Gasteiger partial charge in [-0.05, 0) is 75.6 Å². The van der Waals surface area contributed by atoms with Gasteiger partial charge in [-0.25, -0.2) is 0 Å². The zero-order valence-electron chi connectivity index (χ0n) is 18.3. The van der Waals surface area contributed by atoms with Crippen LogP contribution in [0.15, 0.2) is 36.4 Å². The van der Waals surface area contributed by atoms with E-state index < -0.39 is 0 Å². The summed E-state index contributed by atoms with van der Waals surface area (Å²) >= 11 is 0. The zero-order valence-corrected chi connectivity index (χ0v) is 18.3. The lowest BCUT2D eigenvalue weighted by Gasteiger charge is -2.18. The van der Waals surface area contributed by atoms with Crippen LogP contribution < -0.4 is 28.3 Å². The van der Waals surface area contributed by atoms with Crippen molar-refractivity contribution in [3.8, 4) is 34.5 Å². The van der Waals surface area contributed by atoms with E-state index in [0.717, 1.165) is 25.7 Å². The minimum atomic E-state index is 0.238. The number of hydrogen-bond donors (Lipinski definition) is 0. The Morgan fingerprint density at radius 1 is 0.613 bits per heavy atom. The van der Waals surface area contributed by atoms with E-state index in [1.54, 1.807) is 14.2 Å². The molecular weight excluding hydrogens is 395 g/mol. The Kier molecular flexibility index (Phi) is 7.33. The molecule has 2 aromatic carbocycles. The molecule has 2 saturated carbocycles. The number of ether oxygens (including phenoxy) is 4. The number of rotatable bonds is 10. The van der Waals surface area contributed by atoms with Crippen molar-refractivity contribution in [3.63, 3.8) is 0 Å². The second-order valence-electron chi connectivity index (χ2n) is 8.01. The lowest BCUT2D eigenvalue weighted by Crippen LogP contribution is -2.14. The van der Waals surface area contributed by atoms with E-state index in [0.29, 0.717) is 34.5 Å². The molecule has 6 nitrogen and oxygen atoms in total. The van der Waals surface area contributed by atoms with Crippen LogP contribution >= 0.6 is 0 Å². The fourth-order valence-corrected chi connectivity index (χ4v) is 4.15. The zero-order chi connectivity index (χ0) is 21.5. The van der Waals surface area contributed by atoms with E-state index >= 15 is 0 Å². The highest BCUT2D eigenvalue weighted by Gasteiger charge is 2.20. The van der Waals surface area contributed by atoms with Gasteiger partial charge in [0.25, 0.3) is 0 Å². The van der Waals surface area contributed by atoms with Gasteiger partial charge in [0, 0.05) is 12.1 Å². The third-order valence-corrected chi connectivity index (χ3v) is 5.83. The van der Waals surface area contributed by atoms with Crippen LogP contribution in [0.1, 0.15) is 51.4 Å². The van der Waals surface area contributed by atoms with Crippen molar-refractivity contribution in [2.45, 2.75) is 63.6 Å². The normalized spacial score (nSPS) is 16.7. The average molecular weight is 425 g/mol. The molecule has 2 aliphatic rings. The Balaban J connectivity index is 1.36. The summed E-state index contributed by atoms with van der Waals surface area (Å²) in [5.74, 6) is 4.01. The van der Waals surface area contributed by atoms with Gasteiger partial charge in [-0.15, -0.1) is 0 Å². The van der Waals surface area contributed by atoms with Gasteiger partial charge in [0.1, 0.15) is 11.5 Å². The molecule has 165 valence electrons. The minimum absolute atomic E-state index is 0.238. The van der Waals surface area contributed by atoms with Crippen molar-refractivity contribution in [2.75, 3.05) is 14.2 Å². The van der Waals surface area contributed by atoms with Gasteiger partial charge < -0.3 is 28.3 Å². The highest BCUT2D eigenvalue weighted by Crippen LogP contribution is 2.36. The van der Waals surface area contributed by atoms with Gasteiger partial charge in [0.15, 0.2) is 23.0 Å². The fourth-order valence-electron chi connectivity index (χ4n) is 4.15. The van der Waals surface area contributed by atoms with E-state index in [9.17, 15) is 0 Å². The molecule has 0 unspecified atom stereocenters. The topological polar surface area (TPSA) is 55.4 Å². The third kappa shape index (κ3) is 5.72. The van der Waals surface area contributed by atoms with Crippen molar-refractivity contribution in [1.29, 1.82) is 0 Å². The molecule has 1 radical (unpaired) electrons. The van der Waals surface area contributed by atoms with Crippen LogP contribution in [0.25, 0.3) is 0 Å². The number of methoxy groups -OCH3 is 2.